The molecule has 4 N–H and O–H groups in total. The molecule has 0 saturated carbocycles. The van der Waals surface area contributed by atoms with Crippen molar-refractivity contribution in [3.05, 3.63) is 41.5 Å². The number of benzene rings is 1. The van der Waals surface area contributed by atoms with E-state index < -0.39 is 0 Å². The van der Waals surface area contributed by atoms with Crippen molar-refractivity contribution >= 4 is 23.2 Å². The molecule has 0 unspecified atom stereocenters. The molecule has 0 radical (unpaired) electrons. The maximum absolute atomic E-state index is 12.7. The van der Waals surface area contributed by atoms with E-state index >= 15 is 0 Å². The molecule has 0 aliphatic carbocycles. The molecule has 2 rings (SSSR count). The summed E-state index contributed by atoms with van der Waals surface area (Å²) in [5.74, 6) is 0.953. The number of hydrogen-bond donors (Lipinski definition) is 3. The van der Waals surface area contributed by atoms with Gasteiger partial charge in [0.1, 0.15) is 0 Å². The molecule has 1 heterocycles. The largest absolute Gasteiger partial charge is 0.384 e. The lowest BCUT2D eigenvalue weighted by molar-refractivity contribution is 0.102. The number of hydrogen-bond acceptors (Lipinski definition) is 6. The fourth-order valence-electron chi connectivity index (χ4n) is 2.49. The van der Waals surface area contributed by atoms with Crippen LogP contribution in [0, 0.1) is 6.92 Å². The number of aryl methyl sites for hydroxylation is 1. The molecule has 0 saturated heterocycles. The number of carbonyl (C=O) groups is 1. The summed E-state index contributed by atoms with van der Waals surface area (Å²) >= 11 is 0. The number of aromatic nitrogens is 2. The number of nitrogens with one attached hydrogen (secondary N) is 2. The van der Waals surface area contributed by atoms with Gasteiger partial charge in [0.05, 0.1) is 5.56 Å². The van der Waals surface area contributed by atoms with E-state index in [1.54, 1.807) is 6.07 Å². The summed E-state index contributed by atoms with van der Waals surface area (Å²) in [6.07, 6.45) is 3.11. The average Bonchev–Trinajstić information content (AvgIpc) is 2.62. The summed E-state index contributed by atoms with van der Waals surface area (Å²) in [5.41, 5.74) is 8.03. The number of amides is 1. The van der Waals surface area contributed by atoms with E-state index in [0.29, 0.717) is 17.9 Å². The van der Waals surface area contributed by atoms with Gasteiger partial charge in [-0.15, -0.1) is 10.2 Å². The van der Waals surface area contributed by atoms with Crippen molar-refractivity contribution in [3.63, 3.8) is 0 Å². The van der Waals surface area contributed by atoms with Gasteiger partial charge in [-0.05, 0) is 56.1 Å². The number of nitrogens with two attached hydrogens (primary N) is 1. The van der Waals surface area contributed by atoms with Gasteiger partial charge < -0.3 is 21.3 Å². The molecular formula is C19H28N6O. The normalized spacial score (nSPS) is 10.5. The molecule has 0 spiro atoms. The molecule has 0 bridgehead atoms. The fraction of sp³-hybridized carbons (Fsp3) is 0.421. The van der Waals surface area contributed by atoms with Crippen molar-refractivity contribution in [2.24, 2.45) is 5.73 Å². The monoisotopic (exact) mass is 356 g/mol. The second-order valence-electron chi connectivity index (χ2n) is 6.45. The predicted octanol–water partition coefficient (Wildman–Crippen LogP) is 2.64. The maximum atomic E-state index is 12.7. The van der Waals surface area contributed by atoms with Crippen LogP contribution in [0.5, 0.6) is 0 Å². The highest BCUT2D eigenvalue weighted by Gasteiger charge is 2.13. The Morgan fingerprint density at radius 2 is 1.92 bits per heavy atom. The van der Waals surface area contributed by atoms with Crippen molar-refractivity contribution in [3.8, 4) is 0 Å². The smallest absolute Gasteiger partial charge is 0.258 e. The van der Waals surface area contributed by atoms with Crippen molar-refractivity contribution in [2.75, 3.05) is 42.7 Å². The second-order valence-corrected chi connectivity index (χ2v) is 6.45. The summed E-state index contributed by atoms with van der Waals surface area (Å²) in [6, 6.07) is 9.30. The molecule has 0 atom stereocenters. The van der Waals surface area contributed by atoms with Gasteiger partial charge in [-0.1, -0.05) is 12.5 Å². The van der Waals surface area contributed by atoms with Gasteiger partial charge in [0, 0.05) is 26.3 Å². The fourth-order valence-corrected chi connectivity index (χ4v) is 2.49. The number of anilines is 3. The lowest BCUT2D eigenvalue weighted by atomic mass is 10.1. The van der Waals surface area contributed by atoms with Crippen molar-refractivity contribution in [2.45, 2.75) is 26.2 Å². The van der Waals surface area contributed by atoms with Gasteiger partial charge in [0.25, 0.3) is 5.91 Å². The van der Waals surface area contributed by atoms with Gasteiger partial charge in [-0.3, -0.25) is 4.79 Å². The Balaban J connectivity index is 2.05. The van der Waals surface area contributed by atoms with E-state index in [1.165, 1.54) is 0 Å². The van der Waals surface area contributed by atoms with E-state index in [0.717, 1.165) is 42.9 Å². The molecular weight excluding hydrogens is 328 g/mol. The van der Waals surface area contributed by atoms with E-state index in [4.69, 9.17) is 5.73 Å². The van der Waals surface area contributed by atoms with Crippen LogP contribution in [0.15, 0.2) is 30.3 Å². The number of carbonyl (C=O) groups excluding carboxylic acids is 1. The number of nitrogens with zero attached hydrogens (tertiary/aromatic N) is 3. The molecule has 1 amide bonds. The van der Waals surface area contributed by atoms with Crippen molar-refractivity contribution in [1.82, 2.24) is 10.2 Å². The highest BCUT2D eigenvalue weighted by molar-refractivity contribution is 6.07. The highest BCUT2D eigenvalue weighted by Crippen LogP contribution is 2.19. The van der Waals surface area contributed by atoms with Gasteiger partial charge in [0.15, 0.2) is 11.6 Å². The Labute approximate surface area is 155 Å². The van der Waals surface area contributed by atoms with Crippen LogP contribution in [-0.4, -0.2) is 43.3 Å². The first-order chi connectivity index (χ1) is 12.5. The van der Waals surface area contributed by atoms with Gasteiger partial charge in [0.2, 0.25) is 0 Å². The Bertz CT molecular complexity index is 714. The molecule has 7 heteroatoms. The maximum Gasteiger partial charge on any atom is 0.258 e. The molecule has 2 aromatic rings. The quantitative estimate of drug-likeness (QED) is 0.598. The highest BCUT2D eigenvalue weighted by atomic mass is 16.1. The lowest BCUT2D eigenvalue weighted by Gasteiger charge is -2.14. The first-order valence-electron chi connectivity index (χ1n) is 8.88. The third-order valence-corrected chi connectivity index (χ3v) is 3.97. The first kappa shape index (κ1) is 19.7. The van der Waals surface area contributed by atoms with Crippen LogP contribution in [0.1, 0.15) is 35.2 Å². The third-order valence-electron chi connectivity index (χ3n) is 3.97. The van der Waals surface area contributed by atoms with E-state index in [2.05, 4.69) is 20.8 Å². The van der Waals surface area contributed by atoms with Crippen molar-refractivity contribution in [1.29, 1.82) is 0 Å². The van der Waals surface area contributed by atoms with Crippen molar-refractivity contribution < 1.29 is 4.79 Å². The van der Waals surface area contributed by atoms with Crippen LogP contribution >= 0.6 is 0 Å². The van der Waals surface area contributed by atoms with Crippen LogP contribution in [0.2, 0.25) is 0 Å². The summed E-state index contributed by atoms with van der Waals surface area (Å²) in [6.45, 7) is 3.53. The minimum absolute atomic E-state index is 0.207. The zero-order valence-corrected chi connectivity index (χ0v) is 15.7. The Morgan fingerprint density at radius 1 is 1.12 bits per heavy atom. The van der Waals surface area contributed by atoms with Gasteiger partial charge in [-0.25, -0.2) is 0 Å². The zero-order chi connectivity index (χ0) is 18.9. The van der Waals surface area contributed by atoms with Crippen LogP contribution in [0.3, 0.4) is 0 Å². The average molecular weight is 356 g/mol. The molecule has 0 fully saturated rings. The summed E-state index contributed by atoms with van der Waals surface area (Å²) in [7, 11) is 3.78. The molecule has 140 valence electrons. The molecule has 26 heavy (non-hydrogen) atoms. The van der Waals surface area contributed by atoms with Gasteiger partial charge >= 0.3 is 0 Å². The SMILES string of the molecule is Cc1ccc(C(=O)Nc2ccc(N(C)C)nn2)c(NCCCCCN)c1. The molecule has 1 aromatic heterocycles. The summed E-state index contributed by atoms with van der Waals surface area (Å²) < 4.78 is 0. The standard InChI is InChI=1S/C19H28N6O/c1-14-7-8-15(16(13-14)21-12-6-4-5-11-20)19(26)22-17-9-10-18(24-23-17)25(2)3/h7-10,13,21H,4-6,11-12,20H2,1-3H3,(H,22,23,26). The summed E-state index contributed by atoms with van der Waals surface area (Å²) in [5, 5.41) is 14.3. The third kappa shape index (κ3) is 5.70. The second kappa shape index (κ2) is 9.72. The Morgan fingerprint density at radius 3 is 2.58 bits per heavy atom. The summed E-state index contributed by atoms with van der Waals surface area (Å²) in [4.78, 5) is 14.5. The molecule has 1 aromatic carbocycles. The number of unbranched alkanes of at least 4 members (excludes halogenated alkanes) is 2. The van der Waals surface area contributed by atoms with E-state index in [-0.39, 0.29) is 5.91 Å². The molecule has 0 aliphatic heterocycles. The Hall–Kier alpha value is -2.67. The van der Waals surface area contributed by atoms with Crippen LogP contribution in [0.25, 0.3) is 0 Å². The Kier molecular flexibility index (Phi) is 7.35. The molecule has 0 aliphatic rings. The predicted molar refractivity (Wildman–Crippen MR) is 107 cm³/mol. The minimum atomic E-state index is -0.207. The van der Waals surface area contributed by atoms with Crippen LogP contribution < -0.4 is 21.3 Å². The van der Waals surface area contributed by atoms with Gasteiger partial charge in [-0.2, -0.15) is 0 Å². The molecule has 7 nitrogen and oxygen atoms in total. The van der Waals surface area contributed by atoms with Crippen LogP contribution in [0.4, 0.5) is 17.3 Å². The topological polar surface area (TPSA) is 96.2 Å². The number of rotatable bonds is 9. The van der Waals surface area contributed by atoms with E-state index in [9.17, 15) is 4.79 Å². The zero-order valence-electron chi connectivity index (χ0n) is 15.7. The lowest BCUT2D eigenvalue weighted by Crippen LogP contribution is -2.17. The minimum Gasteiger partial charge on any atom is -0.384 e. The van der Waals surface area contributed by atoms with E-state index in [1.807, 2.05) is 50.2 Å². The first-order valence-corrected chi connectivity index (χ1v) is 8.88. The van der Waals surface area contributed by atoms with Crippen LogP contribution in [-0.2, 0) is 0 Å².